The molecule has 0 unspecified atom stereocenters. The lowest BCUT2D eigenvalue weighted by Crippen LogP contribution is -2.02. The van der Waals surface area contributed by atoms with E-state index in [2.05, 4.69) is 48.5 Å². The van der Waals surface area contributed by atoms with E-state index in [0.717, 1.165) is 0 Å². The maximum absolute atomic E-state index is 2.44. The molecule has 0 amide bonds. The molecule has 0 nitrogen and oxygen atoms in total. The van der Waals surface area contributed by atoms with Gasteiger partial charge in [0.25, 0.3) is 0 Å². The van der Waals surface area contributed by atoms with Crippen LogP contribution in [0, 0.1) is 0 Å². The van der Waals surface area contributed by atoms with Gasteiger partial charge in [0.05, 0.1) is 0 Å². The van der Waals surface area contributed by atoms with Crippen LogP contribution >= 0.6 is 0 Å². The fraction of sp³-hybridized carbons (Fsp3) is 0.222. The third kappa shape index (κ3) is 1.45. The van der Waals surface area contributed by atoms with Gasteiger partial charge in [-0.3, -0.25) is 0 Å². The van der Waals surface area contributed by atoms with Crippen molar-refractivity contribution in [2.75, 3.05) is 0 Å². The van der Waals surface area contributed by atoms with Crippen LogP contribution in [0.3, 0.4) is 0 Å². The second kappa shape index (κ2) is 3.84. The Kier molecular flexibility index (Phi) is 2.16. The van der Waals surface area contributed by atoms with Gasteiger partial charge >= 0.3 is 0 Å². The van der Waals surface area contributed by atoms with Crippen LogP contribution in [0.1, 0.15) is 24.0 Å². The number of hydrogen-bond donors (Lipinski definition) is 0. The molecule has 0 atom stereocenters. The van der Waals surface area contributed by atoms with Crippen molar-refractivity contribution in [3.8, 4) is 0 Å². The summed E-state index contributed by atoms with van der Waals surface area (Å²) in [6.07, 6.45) is 5.22. The third-order valence-corrected chi connectivity index (χ3v) is 4.21. The van der Waals surface area contributed by atoms with E-state index in [1.807, 2.05) is 0 Å². The number of hydrogen-bond acceptors (Lipinski definition) is 0. The molecule has 0 heterocycles. The van der Waals surface area contributed by atoms with Crippen LogP contribution in [0.2, 0.25) is 0 Å². The summed E-state index contributed by atoms with van der Waals surface area (Å²) in [4.78, 5) is 0. The second-order valence-electron chi connectivity index (χ2n) is 5.34. The van der Waals surface area contributed by atoms with Gasteiger partial charge in [-0.2, -0.15) is 0 Å². The average Bonchev–Trinajstić information content (AvgIpc) is 2.45. The van der Waals surface area contributed by atoms with Crippen molar-refractivity contribution >= 4 is 21.5 Å². The van der Waals surface area contributed by atoms with Gasteiger partial charge in [-0.25, -0.2) is 0 Å². The Hall–Kier alpha value is -1.82. The molecular formula is C18H16. The third-order valence-electron chi connectivity index (χ3n) is 4.21. The molecule has 1 aliphatic rings. The zero-order valence-electron chi connectivity index (χ0n) is 10.4. The van der Waals surface area contributed by atoms with Crippen molar-refractivity contribution in [3.63, 3.8) is 0 Å². The lowest BCUT2D eigenvalue weighted by molar-refractivity contribution is 0.687. The smallest absolute Gasteiger partial charge is 0.0102 e. The minimum Gasteiger partial charge on any atom is -0.0616 e. The molecule has 0 heteroatoms. The van der Waals surface area contributed by atoms with Crippen LogP contribution < -0.4 is 0 Å². The Morgan fingerprint density at radius 2 is 1.33 bits per heavy atom. The summed E-state index contributed by atoms with van der Waals surface area (Å²) in [6.45, 7) is 0. The zero-order chi connectivity index (χ0) is 11.9. The molecule has 0 saturated carbocycles. The summed E-state index contributed by atoms with van der Waals surface area (Å²) >= 11 is 0. The predicted octanol–water partition coefficient (Wildman–Crippen LogP) is 4.87. The standard InChI is InChI=1S/C18H16/c1-2-7-15-12-18-16(11-14(15)6-1)10-9-13-5-3-4-8-17(13)18/h3-5,8-12H,1-2,6-7H2. The molecule has 0 N–H and O–H groups in total. The highest BCUT2D eigenvalue weighted by molar-refractivity contribution is 6.07. The van der Waals surface area contributed by atoms with Crippen LogP contribution in [0.25, 0.3) is 21.5 Å². The average molecular weight is 232 g/mol. The van der Waals surface area contributed by atoms with Crippen molar-refractivity contribution < 1.29 is 0 Å². The van der Waals surface area contributed by atoms with E-state index < -0.39 is 0 Å². The minimum atomic E-state index is 1.26. The normalized spacial score (nSPS) is 14.9. The number of benzene rings is 3. The molecule has 0 bridgehead atoms. The van der Waals surface area contributed by atoms with Crippen molar-refractivity contribution in [3.05, 3.63) is 59.7 Å². The van der Waals surface area contributed by atoms with E-state index in [0.29, 0.717) is 0 Å². The van der Waals surface area contributed by atoms with E-state index in [1.54, 1.807) is 11.1 Å². The maximum atomic E-state index is 2.44. The number of fused-ring (bicyclic) bond motifs is 4. The van der Waals surface area contributed by atoms with Gasteiger partial charge in [0.2, 0.25) is 0 Å². The molecular weight excluding hydrogens is 216 g/mol. The van der Waals surface area contributed by atoms with Crippen LogP contribution in [0.4, 0.5) is 0 Å². The molecule has 4 rings (SSSR count). The summed E-state index contributed by atoms with van der Waals surface area (Å²) in [5.74, 6) is 0. The minimum absolute atomic E-state index is 1.26. The van der Waals surface area contributed by atoms with Crippen LogP contribution in [0.5, 0.6) is 0 Å². The molecule has 0 aliphatic heterocycles. The Balaban J connectivity index is 2.12. The maximum Gasteiger partial charge on any atom is -0.0102 e. The van der Waals surface area contributed by atoms with Gasteiger partial charge in [0.15, 0.2) is 0 Å². The lowest BCUT2D eigenvalue weighted by Gasteiger charge is -2.17. The fourth-order valence-corrected chi connectivity index (χ4v) is 3.24. The lowest BCUT2D eigenvalue weighted by atomic mass is 9.88. The van der Waals surface area contributed by atoms with E-state index in [4.69, 9.17) is 0 Å². The Labute approximate surface area is 107 Å². The Morgan fingerprint density at radius 1 is 0.611 bits per heavy atom. The van der Waals surface area contributed by atoms with Crippen LogP contribution in [0.15, 0.2) is 48.5 Å². The predicted molar refractivity (Wildman–Crippen MR) is 78.1 cm³/mol. The fourth-order valence-electron chi connectivity index (χ4n) is 3.24. The van der Waals surface area contributed by atoms with Gasteiger partial charge in [0, 0.05) is 0 Å². The second-order valence-corrected chi connectivity index (χ2v) is 5.34. The largest absolute Gasteiger partial charge is 0.0616 e. The Bertz CT molecular complexity index is 737. The summed E-state index contributed by atoms with van der Waals surface area (Å²) in [5, 5.41) is 5.56. The van der Waals surface area contributed by atoms with Gasteiger partial charge in [-0.05, 0) is 58.4 Å². The highest BCUT2D eigenvalue weighted by Gasteiger charge is 2.11. The first kappa shape index (κ1) is 10.1. The van der Waals surface area contributed by atoms with E-state index in [1.165, 1.54) is 47.2 Å². The van der Waals surface area contributed by atoms with Crippen molar-refractivity contribution in [1.82, 2.24) is 0 Å². The molecule has 0 radical (unpaired) electrons. The van der Waals surface area contributed by atoms with Crippen molar-refractivity contribution in [2.45, 2.75) is 25.7 Å². The summed E-state index contributed by atoms with van der Waals surface area (Å²) in [6, 6.07) is 18.1. The first-order chi connectivity index (χ1) is 8.92. The molecule has 0 fully saturated rings. The van der Waals surface area contributed by atoms with Gasteiger partial charge in [0.1, 0.15) is 0 Å². The number of aryl methyl sites for hydroxylation is 2. The molecule has 18 heavy (non-hydrogen) atoms. The topological polar surface area (TPSA) is 0 Å². The molecule has 0 saturated heterocycles. The van der Waals surface area contributed by atoms with Crippen LogP contribution in [-0.4, -0.2) is 0 Å². The zero-order valence-corrected chi connectivity index (χ0v) is 10.4. The SMILES string of the molecule is c1ccc2c(c1)ccc1cc3c(cc12)CCCC3. The van der Waals surface area contributed by atoms with Crippen molar-refractivity contribution in [1.29, 1.82) is 0 Å². The summed E-state index contributed by atoms with van der Waals surface area (Å²) < 4.78 is 0. The number of rotatable bonds is 0. The van der Waals surface area contributed by atoms with Crippen LogP contribution in [-0.2, 0) is 12.8 Å². The van der Waals surface area contributed by atoms with E-state index >= 15 is 0 Å². The molecule has 1 aliphatic carbocycles. The van der Waals surface area contributed by atoms with Gasteiger partial charge < -0.3 is 0 Å². The van der Waals surface area contributed by atoms with E-state index in [-0.39, 0.29) is 0 Å². The first-order valence-corrected chi connectivity index (χ1v) is 6.85. The first-order valence-electron chi connectivity index (χ1n) is 6.85. The quantitative estimate of drug-likeness (QED) is 0.485. The summed E-state index contributed by atoms with van der Waals surface area (Å²) in [7, 11) is 0. The van der Waals surface area contributed by atoms with Gasteiger partial charge in [-0.1, -0.05) is 48.5 Å². The van der Waals surface area contributed by atoms with E-state index in [9.17, 15) is 0 Å². The Morgan fingerprint density at radius 3 is 2.22 bits per heavy atom. The van der Waals surface area contributed by atoms with Gasteiger partial charge in [-0.15, -0.1) is 0 Å². The molecule has 0 spiro atoms. The highest BCUT2D eigenvalue weighted by atomic mass is 14.2. The molecule has 3 aromatic carbocycles. The molecule has 3 aromatic rings. The van der Waals surface area contributed by atoms with Crippen molar-refractivity contribution in [2.24, 2.45) is 0 Å². The molecule has 0 aromatic heterocycles. The highest BCUT2D eigenvalue weighted by Crippen LogP contribution is 2.31. The molecule has 88 valence electrons. The summed E-state index contributed by atoms with van der Waals surface area (Å²) in [5.41, 5.74) is 3.15. The monoisotopic (exact) mass is 232 g/mol.